The summed E-state index contributed by atoms with van der Waals surface area (Å²) in [5.74, 6) is 0.250. The van der Waals surface area contributed by atoms with Gasteiger partial charge in [-0.25, -0.2) is 0 Å². The molecule has 0 radical (unpaired) electrons. The summed E-state index contributed by atoms with van der Waals surface area (Å²) in [6.07, 6.45) is 1.69. The first-order valence-corrected chi connectivity index (χ1v) is 8.99. The third-order valence-electron chi connectivity index (χ3n) is 4.95. The molecule has 1 aliphatic rings. The highest BCUT2D eigenvalue weighted by Crippen LogP contribution is 2.24. The van der Waals surface area contributed by atoms with Crippen molar-refractivity contribution in [1.29, 1.82) is 0 Å². The van der Waals surface area contributed by atoms with Gasteiger partial charge >= 0.3 is 0 Å². The second-order valence-corrected chi connectivity index (χ2v) is 6.78. The molecule has 1 saturated heterocycles. The van der Waals surface area contributed by atoms with Gasteiger partial charge in [-0.3, -0.25) is 9.69 Å². The number of phenolic OH excluding ortho intramolecular Hbond substituents is 1. The molecule has 148 valence electrons. The van der Waals surface area contributed by atoms with Crippen LogP contribution in [0.2, 0.25) is 0 Å². The third kappa shape index (κ3) is 4.65. The van der Waals surface area contributed by atoms with E-state index in [-0.39, 0.29) is 29.6 Å². The van der Waals surface area contributed by atoms with Crippen LogP contribution in [0.1, 0.15) is 19.4 Å². The molecule has 8 nitrogen and oxygen atoms in total. The molecule has 2 unspecified atom stereocenters. The highest BCUT2D eigenvalue weighted by molar-refractivity contribution is 5.81. The number of nitrogens with zero attached hydrogens (tertiary/aromatic N) is 2. The van der Waals surface area contributed by atoms with Gasteiger partial charge in [-0.1, -0.05) is 12.1 Å². The zero-order valence-corrected chi connectivity index (χ0v) is 16.1. The van der Waals surface area contributed by atoms with E-state index in [9.17, 15) is 9.90 Å². The summed E-state index contributed by atoms with van der Waals surface area (Å²) in [6, 6.07) is 6.75. The highest BCUT2D eigenvalue weighted by Gasteiger charge is 2.31. The lowest BCUT2D eigenvalue weighted by Gasteiger charge is -2.43. The number of nitrogens with two attached hydrogens (primary N) is 3. The molecule has 1 aromatic rings. The standard InChI is InChI=1S/C19H30N6O2/c1-12-11-24(8-9-25(12)13(2)19(27)23-3)16(18(21)22)10-15(20)14-6-4-5-7-17(14)26/h4-7,10,12-13,26H,8-9,11,20-22H2,1-3H3,(H,23,27)/b15-10-. The predicted molar refractivity (Wildman–Crippen MR) is 107 cm³/mol. The number of carbonyl (C=O) groups excluding carboxylic acids is 1. The number of hydrogen-bond donors (Lipinski definition) is 5. The number of phenols is 1. The third-order valence-corrected chi connectivity index (χ3v) is 4.95. The zero-order valence-electron chi connectivity index (χ0n) is 16.1. The average Bonchev–Trinajstić information content (AvgIpc) is 2.64. The fourth-order valence-corrected chi connectivity index (χ4v) is 3.43. The number of aromatic hydroxyl groups is 1. The van der Waals surface area contributed by atoms with Crippen molar-refractivity contribution in [2.45, 2.75) is 25.9 Å². The van der Waals surface area contributed by atoms with Crippen LogP contribution in [-0.2, 0) is 4.79 Å². The smallest absolute Gasteiger partial charge is 0.236 e. The Morgan fingerprint density at radius 2 is 1.96 bits per heavy atom. The number of carbonyl (C=O) groups is 1. The normalized spacial score (nSPS) is 19.4. The van der Waals surface area contributed by atoms with Crippen molar-refractivity contribution in [3.63, 3.8) is 0 Å². The second-order valence-electron chi connectivity index (χ2n) is 6.78. The van der Waals surface area contributed by atoms with E-state index in [1.54, 1.807) is 37.4 Å². The van der Waals surface area contributed by atoms with E-state index in [4.69, 9.17) is 17.2 Å². The molecule has 1 fully saturated rings. The Morgan fingerprint density at radius 1 is 1.30 bits per heavy atom. The lowest BCUT2D eigenvalue weighted by Crippen LogP contribution is -2.57. The molecule has 0 bridgehead atoms. The van der Waals surface area contributed by atoms with E-state index in [0.717, 1.165) is 0 Å². The first kappa shape index (κ1) is 20.4. The maximum Gasteiger partial charge on any atom is 0.236 e. The molecule has 8 N–H and O–H groups in total. The molecule has 0 saturated carbocycles. The molecule has 1 aliphatic heterocycles. The minimum absolute atomic E-state index is 0.00639. The summed E-state index contributed by atoms with van der Waals surface area (Å²) >= 11 is 0. The molecule has 0 spiro atoms. The maximum atomic E-state index is 11.9. The van der Waals surface area contributed by atoms with Crippen molar-refractivity contribution in [3.05, 3.63) is 47.4 Å². The van der Waals surface area contributed by atoms with Crippen LogP contribution in [0.15, 0.2) is 41.9 Å². The van der Waals surface area contributed by atoms with Crippen molar-refractivity contribution < 1.29 is 9.90 Å². The van der Waals surface area contributed by atoms with Crippen molar-refractivity contribution in [3.8, 4) is 5.75 Å². The van der Waals surface area contributed by atoms with Gasteiger partial charge < -0.3 is 32.5 Å². The molecule has 0 aliphatic carbocycles. The number of hydrogen-bond acceptors (Lipinski definition) is 7. The first-order valence-electron chi connectivity index (χ1n) is 8.99. The summed E-state index contributed by atoms with van der Waals surface area (Å²) in [5.41, 5.74) is 19.5. The number of amides is 1. The number of para-hydroxylation sites is 1. The summed E-state index contributed by atoms with van der Waals surface area (Å²) < 4.78 is 0. The van der Waals surface area contributed by atoms with Crippen LogP contribution < -0.4 is 22.5 Å². The Balaban J connectivity index is 2.20. The van der Waals surface area contributed by atoms with E-state index in [1.165, 1.54) is 0 Å². The van der Waals surface area contributed by atoms with E-state index in [1.807, 2.05) is 6.92 Å². The van der Waals surface area contributed by atoms with Gasteiger partial charge in [-0.2, -0.15) is 0 Å². The van der Waals surface area contributed by atoms with Crippen LogP contribution in [0.5, 0.6) is 5.75 Å². The van der Waals surface area contributed by atoms with Crippen LogP contribution in [0, 0.1) is 0 Å². The maximum absolute atomic E-state index is 11.9. The quantitative estimate of drug-likeness (QED) is 0.455. The predicted octanol–water partition coefficient (Wildman–Crippen LogP) is -0.0811. The van der Waals surface area contributed by atoms with Gasteiger partial charge in [0.25, 0.3) is 0 Å². The Labute approximate surface area is 160 Å². The topological polar surface area (TPSA) is 134 Å². The van der Waals surface area contributed by atoms with Crippen LogP contribution in [0.25, 0.3) is 5.70 Å². The number of likely N-dealkylation sites (N-methyl/N-ethyl adjacent to an activating group) is 1. The molecular weight excluding hydrogens is 344 g/mol. The molecule has 1 amide bonds. The number of allylic oxidation sites excluding steroid dienone is 1. The fourth-order valence-electron chi connectivity index (χ4n) is 3.43. The summed E-state index contributed by atoms with van der Waals surface area (Å²) in [6.45, 7) is 5.96. The van der Waals surface area contributed by atoms with Crippen molar-refractivity contribution in [2.24, 2.45) is 17.2 Å². The SMILES string of the molecule is CNC(=O)C(C)N1CCN(C(/C=C(\N)c2ccccc2O)=C(N)N)CC1C. The van der Waals surface area contributed by atoms with Gasteiger partial charge in [-0.15, -0.1) is 0 Å². The van der Waals surface area contributed by atoms with E-state index < -0.39 is 0 Å². The summed E-state index contributed by atoms with van der Waals surface area (Å²) in [5, 5.41) is 12.7. The van der Waals surface area contributed by atoms with Gasteiger partial charge in [0.1, 0.15) is 11.6 Å². The molecule has 27 heavy (non-hydrogen) atoms. The van der Waals surface area contributed by atoms with E-state index in [0.29, 0.717) is 36.6 Å². The molecular formula is C19H30N6O2. The Bertz CT molecular complexity index is 741. The molecule has 1 aromatic carbocycles. The van der Waals surface area contributed by atoms with Gasteiger partial charge in [-0.05, 0) is 32.1 Å². The van der Waals surface area contributed by atoms with Crippen molar-refractivity contribution >= 4 is 11.6 Å². The summed E-state index contributed by atoms with van der Waals surface area (Å²) in [4.78, 5) is 16.2. The van der Waals surface area contributed by atoms with Gasteiger partial charge in [0.15, 0.2) is 0 Å². The van der Waals surface area contributed by atoms with Crippen LogP contribution in [0.3, 0.4) is 0 Å². The van der Waals surface area contributed by atoms with Gasteiger partial charge in [0, 0.05) is 44.0 Å². The Morgan fingerprint density at radius 3 is 2.52 bits per heavy atom. The monoisotopic (exact) mass is 374 g/mol. The van der Waals surface area contributed by atoms with Crippen LogP contribution in [-0.4, -0.2) is 59.6 Å². The van der Waals surface area contributed by atoms with Gasteiger partial charge in [0.05, 0.1) is 11.7 Å². The highest BCUT2D eigenvalue weighted by atomic mass is 16.3. The zero-order chi connectivity index (χ0) is 20.1. The molecule has 1 heterocycles. The second kappa shape index (κ2) is 8.68. The van der Waals surface area contributed by atoms with Crippen LogP contribution in [0.4, 0.5) is 0 Å². The van der Waals surface area contributed by atoms with Gasteiger partial charge in [0.2, 0.25) is 5.91 Å². The number of nitrogens with one attached hydrogen (secondary N) is 1. The lowest BCUT2D eigenvalue weighted by atomic mass is 10.1. The van der Waals surface area contributed by atoms with Crippen molar-refractivity contribution in [1.82, 2.24) is 15.1 Å². The number of benzene rings is 1. The summed E-state index contributed by atoms with van der Waals surface area (Å²) in [7, 11) is 1.64. The largest absolute Gasteiger partial charge is 0.507 e. The minimum atomic E-state index is -0.211. The van der Waals surface area contributed by atoms with E-state index >= 15 is 0 Å². The minimum Gasteiger partial charge on any atom is -0.507 e. The van der Waals surface area contributed by atoms with E-state index in [2.05, 4.69) is 22.0 Å². The average molecular weight is 374 g/mol. The Hall–Kier alpha value is -2.87. The number of piperazine rings is 1. The fraction of sp³-hybridized carbons (Fsp3) is 0.421. The molecule has 2 atom stereocenters. The molecule has 8 heteroatoms. The van der Waals surface area contributed by atoms with Crippen molar-refractivity contribution in [2.75, 3.05) is 26.7 Å². The molecule has 2 rings (SSSR count). The first-order chi connectivity index (χ1) is 12.8. The van der Waals surface area contributed by atoms with Crippen LogP contribution >= 0.6 is 0 Å². The Kier molecular flexibility index (Phi) is 6.57. The molecule has 0 aromatic heterocycles. The number of rotatable bonds is 5. The lowest BCUT2D eigenvalue weighted by molar-refractivity contribution is -0.127.